The van der Waals surface area contributed by atoms with Crippen LogP contribution in [0.15, 0.2) is 0 Å². The highest BCUT2D eigenvalue weighted by molar-refractivity contribution is 5.82. The van der Waals surface area contributed by atoms with Gasteiger partial charge in [0.1, 0.15) is 0 Å². The van der Waals surface area contributed by atoms with Crippen LogP contribution in [0.3, 0.4) is 0 Å². The lowest BCUT2D eigenvalue weighted by molar-refractivity contribution is -0.121. The van der Waals surface area contributed by atoms with Crippen LogP contribution < -0.4 is 10.6 Å². The summed E-state index contributed by atoms with van der Waals surface area (Å²) in [6.07, 6.45) is 0. The number of carbonyl (C=O) groups is 1. The van der Waals surface area contributed by atoms with Crippen molar-refractivity contribution in [2.45, 2.75) is 13.0 Å². The summed E-state index contributed by atoms with van der Waals surface area (Å²) in [7, 11) is 1.70. The molecule has 53 valence electrons. The van der Waals surface area contributed by atoms with E-state index in [1.165, 1.54) is 0 Å². The van der Waals surface area contributed by atoms with E-state index in [-0.39, 0.29) is 11.9 Å². The zero-order valence-electron chi connectivity index (χ0n) is 5.90. The van der Waals surface area contributed by atoms with Crippen molar-refractivity contribution in [3.63, 3.8) is 0 Å². The Bertz CT molecular complexity index is 93.1. The average molecular weight is 129 g/mol. The molecule has 0 aromatic rings. The Kier molecular flexibility index (Phi) is 4.05. The first-order valence-corrected chi connectivity index (χ1v) is 3.00. The number of likely N-dealkylation sites (N-methyl/N-ethyl adjacent to an activating group) is 2. The normalized spacial score (nSPS) is 12.8. The second kappa shape index (κ2) is 4.32. The zero-order valence-corrected chi connectivity index (χ0v) is 5.90. The van der Waals surface area contributed by atoms with E-state index in [0.29, 0.717) is 6.54 Å². The van der Waals surface area contributed by atoms with Crippen molar-refractivity contribution in [2.75, 3.05) is 13.6 Å². The van der Waals surface area contributed by atoms with E-state index in [2.05, 4.69) is 17.6 Å². The van der Waals surface area contributed by atoms with E-state index in [1.54, 1.807) is 7.05 Å². The minimum Gasteiger partial charge on any atom is -0.355 e. The van der Waals surface area contributed by atoms with Gasteiger partial charge in [0, 0.05) is 6.54 Å². The third-order valence-corrected chi connectivity index (χ3v) is 1.02. The fourth-order valence-electron chi connectivity index (χ4n) is 0.429. The van der Waals surface area contributed by atoms with Gasteiger partial charge in [-0.15, -0.1) is 0 Å². The molecule has 0 aromatic carbocycles. The molecule has 1 atom stereocenters. The predicted molar refractivity (Wildman–Crippen MR) is 36.9 cm³/mol. The fourth-order valence-corrected chi connectivity index (χ4v) is 0.429. The van der Waals surface area contributed by atoms with E-state index < -0.39 is 0 Å². The maximum atomic E-state index is 10.7. The van der Waals surface area contributed by atoms with Gasteiger partial charge in [0.25, 0.3) is 0 Å². The molecule has 0 fully saturated rings. The van der Waals surface area contributed by atoms with Gasteiger partial charge < -0.3 is 10.6 Å². The van der Waals surface area contributed by atoms with Crippen molar-refractivity contribution in [3.05, 3.63) is 6.92 Å². The van der Waals surface area contributed by atoms with Crippen LogP contribution in [0, 0.1) is 6.92 Å². The SMILES string of the molecule is [CH2]C(NC)C(=O)NCC. The van der Waals surface area contributed by atoms with Crippen LogP contribution in [0.25, 0.3) is 0 Å². The zero-order chi connectivity index (χ0) is 7.28. The second-order valence-electron chi connectivity index (χ2n) is 1.74. The Morgan fingerprint density at radius 1 is 1.78 bits per heavy atom. The molecule has 0 spiro atoms. The molecule has 1 amide bonds. The second-order valence-corrected chi connectivity index (χ2v) is 1.74. The molecule has 0 saturated heterocycles. The maximum Gasteiger partial charge on any atom is 0.237 e. The Balaban J connectivity index is 3.46. The quantitative estimate of drug-likeness (QED) is 0.541. The Morgan fingerprint density at radius 2 is 2.33 bits per heavy atom. The monoisotopic (exact) mass is 129 g/mol. The molecule has 1 unspecified atom stereocenters. The van der Waals surface area contributed by atoms with Crippen LogP contribution in [-0.2, 0) is 4.79 Å². The Hall–Kier alpha value is -0.570. The van der Waals surface area contributed by atoms with Gasteiger partial charge in [0.15, 0.2) is 0 Å². The van der Waals surface area contributed by atoms with Crippen molar-refractivity contribution < 1.29 is 4.79 Å². The van der Waals surface area contributed by atoms with Gasteiger partial charge in [-0.1, -0.05) is 0 Å². The van der Waals surface area contributed by atoms with Crippen molar-refractivity contribution in [1.29, 1.82) is 0 Å². The molecule has 0 aliphatic heterocycles. The maximum absolute atomic E-state index is 10.7. The van der Waals surface area contributed by atoms with E-state index in [9.17, 15) is 4.79 Å². The molecule has 0 rings (SSSR count). The lowest BCUT2D eigenvalue weighted by Gasteiger charge is -2.07. The summed E-state index contributed by atoms with van der Waals surface area (Å²) in [6.45, 7) is 6.09. The summed E-state index contributed by atoms with van der Waals surface area (Å²) < 4.78 is 0. The molecule has 3 nitrogen and oxygen atoms in total. The number of amides is 1. The van der Waals surface area contributed by atoms with E-state index in [0.717, 1.165) is 0 Å². The molecular formula is C6H13N2O. The first-order chi connectivity index (χ1) is 4.22. The van der Waals surface area contributed by atoms with Gasteiger partial charge in [-0.3, -0.25) is 4.79 Å². The molecule has 0 aromatic heterocycles. The van der Waals surface area contributed by atoms with Crippen LogP contribution in [0.1, 0.15) is 6.92 Å². The highest BCUT2D eigenvalue weighted by Gasteiger charge is 2.06. The molecule has 0 aliphatic rings. The summed E-state index contributed by atoms with van der Waals surface area (Å²) in [5, 5.41) is 5.36. The summed E-state index contributed by atoms with van der Waals surface area (Å²) in [5.74, 6) is -0.0556. The largest absolute Gasteiger partial charge is 0.355 e. The van der Waals surface area contributed by atoms with E-state index in [4.69, 9.17) is 0 Å². The third-order valence-electron chi connectivity index (χ3n) is 1.02. The number of carbonyl (C=O) groups excluding carboxylic acids is 1. The molecular weight excluding hydrogens is 116 g/mol. The molecule has 0 bridgehead atoms. The summed E-state index contributed by atoms with van der Waals surface area (Å²) in [6, 6.07) is -0.329. The highest BCUT2D eigenvalue weighted by Crippen LogP contribution is 1.76. The van der Waals surface area contributed by atoms with E-state index in [1.807, 2.05) is 6.92 Å². The van der Waals surface area contributed by atoms with Crippen LogP contribution in [0.5, 0.6) is 0 Å². The smallest absolute Gasteiger partial charge is 0.237 e. The lowest BCUT2D eigenvalue weighted by Crippen LogP contribution is -2.40. The van der Waals surface area contributed by atoms with Crippen molar-refractivity contribution >= 4 is 5.91 Å². The Labute approximate surface area is 55.8 Å². The topological polar surface area (TPSA) is 41.1 Å². The summed E-state index contributed by atoms with van der Waals surface area (Å²) >= 11 is 0. The molecule has 1 radical (unpaired) electrons. The number of hydrogen-bond donors (Lipinski definition) is 2. The van der Waals surface area contributed by atoms with Gasteiger partial charge >= 0.3 is 0 Å². The van der Waals surface area contributed by atoms with Gasteiger partial charge in [0.05, 0.1) is 6.04 Å². The number of nitrogens with one attached hydrogen (secondary N) is 2. The molecule has 3 heteroatoms. The van der Waals surface area contributed by atoms with Crippen LogP contribution in [0.4, 0.5) is 0 Å². The van der Waals surface area contributed by atoms with Crippen molar-refractivity contribution in [2.24, 2.45) is 0 Å². The minimum atomic E-state index is -0.329. The Morgan fingerprint density at radius 3 is 2.67 bits per heavy atom. The van der Waals surface area contributed by atoms with Gasteiger partial charge in [-0.2, -0.15) is 0 Å². The van der Waals surface area contributed by atoms with Crippen molar-refractivity contribution in [1.82, 2.24) is 10.6 Å². The molecule has 2 N–H and O–H groups in total. The molecule has 0 heterocycles. The predicted octanol–water partition coefficient (Wildman–Crippen LogP) is -0.455. The highest BCUT2D eigenvalue weighted by atomic mass is 16.2. The van der Waals surface area contributed by atoms with Gasteiger partial charge in [-0.05, 0) is 20.9 Å². The van der Waals surface area contributed by atoms with Gasteiger partial charge in [0.2, 0.25) is 5.91 Å². The van der Waals surface area contributed by atoms with Gasteiger partial charge in [-0.25, -0.2) is 0 Å². The van der Waals surface area contributed by atoms with E-state index >= 15 is 0 Å². The molecule has 9 heavy (non-hydrogen) atoms. The first-order valence-electron chi connectivity index (χ1n) is 3.00. The molecule has 0 aliphatic carbocycles. The first kappa shape index (κ1) is 8.43. The minimum absolute atomic E-state index is 0.0556. The van der Waals surface area contributed by atoms with Crippen molar-refractivity contribution in [3.8, 4) is 0 Å². The van der Waals surface area contributed by atoms with Crippen LogP contribution >= 0.6 is 0 Å². The summed E-state index contributed by atoms with van der Waals surface area (Å²) in [4.78, 5) is 10.7. The average Bonchev–Trinajstić information content (AvgIpc) is 1.87. The number of hydrogen-bond acceptors (Lipinski definition) is 2. The molecule has 0 saturated carbocycles. The standard InChI is InChI=1S/C6H13N2O/c1-4-8-6(9)5(2)7-3/h5,7H,2,4H2,1,3H3,(H,8,9). The number of rotatable bonds is 3. The lowest BCUT2D eigenvalue weighted by atomic mass is 10.3. The summed E-state index contributed by atoms with van der Waals surface area (Å²) in [5.41, 5.74) is 0. The van der Waals surface area contributed by atoms with Crippen LogP contribution in [-0.4, -0.2) is 25.5 Å². The van der Waals surface area contributed by atoms with Crippen LogP contribution in [0.2, 0.25) is 0 Å². The fraction of sp³-hybridized carbons (Fsp3) is 0.667. The third kappa shape index (κ3) is 3.08.